The van der Waals surface area contributed by atoms with E-state index in [9.17, 15) is 28.2 Å². The van der Waals surface area contributed by atoms with Gasteiger partial charge in [-0.1, -0.05) is 17.7 Å². The Hall–Kier alpha value is -2.93. The number of aliphatic imine (C=N–C) groups is 1. The Morgan fingerprint density at radius 2 is 1.89 bits per heavy atom. The zero-order valence-corrected chi connectivity index (χ0v) is 19.6. The third-order valence-corrected chi connectivity index (χ3v) is 6.50. The number of amidine groups is 1. The van der Waals surface area contributed by atoms with E-state index < -0.39 is 17.6 Å². The van der Waals surface area contributed by atoms with E-state index >= 15 is 0 Å². The van der Waals surface area contributed by atoms with E-state index in [1.54, 1.807) is 34.0 Å². The van der Waals surface area contributed by atoms with Crippen molar-refractivity contribution in [1.82, 2.24) is 19.7 Å². The van der Waals surface area contributed by atoms with Crippen LogP contribution in [0.4, 0.5) is 13.2 Å². The van der Waals surface area contributed by atoms with Crippen molar-refractivity contribution < 1.29 is 28.2 Å². The summed E-state index contributed by atoms with van der Waals surface area (Å²) in [6.07, 6.45) is -0.499. The number of hydrogen-bond acceptors (Lipinski definition) is 7. The zero-order valence-electron chi connectivity index (χ0n) is 18.0. The number of benzene rings is 1. The number of aliphatic hydroxyl groups excluding tert-OH is 2. The SMILES string of the molecule is O=C1N=C(N(CCO)CCO)S/C1=C\c1ccc2c(cnn2Cc2ncc(C(F)(F)F)cc2Cl)c1. The lowest BCUT2D eigenvalue weighted by molar-refractivity contribution is -0.137. The molecule has 0 unspecified atom stereocenters. The molecule has 0 saturated carbocycles. The largest absolute Gasteiger partial charge is 0.417 e. The van der Waals surface area contributed by atoms with Gasteiger partial charge in [0.05, 0.1) is 52.7 Å². The number of alkyl halides is 3. The first-order valence-electron chi connectivity index (χ1n) is 10.4. The third kappa shape index (κ3) is 5.67. The molecule has 2 aromatic heterocycles. The second kappa shape index (κ2) is 10.4. The standard InChI is InChI=1S/C22H19ClF3N5O3S/c23-16-9-15(22(24,25)26)11-27-17(16)12-31-18-2-1-13(7-14(18)10-28-31)8-19-20(34)29-21(35-19)30(3-5-32)4-6-33/h1-2,7-11,32-33H,3-6,12H2/b19-8-. The number of amides is 1. The predicted molar refractivity (Wildman–Crippen MR) is 127 cm³/mol. The van der Waals surface area contributed by atoms with Crippen LogP contribution in [0.3, 0.4) is 0 Å². The maximum atomic E-state index is 12.8. The summed E-state index contributed by atoms with van der Waals surface area (Å²) in [5.41, 5.74) is 0.774. The number of thioether (sulfide) groups is 1. The van der Waals surface area contributed by atoms with Crippen LogP contribution in [0.15, 0.2) is 46.6 Å². The van der Waals surface area contributed by atoms with E-state index in [0.29, 0.717) is 15.6 Å². The van der Waals surface area contributed by atoms with E-state index in [-0.39, 0.29) is 43.6 Å². The lowest BCUT2D eigenvalue weighted by Gasteiger charge is -2.20. The van der Waals surface area contributed by atoms with Crippen LogP contribution in [0.2, 0.25) is 5.02 Å². The van der Waals surface area contributed by atoms with Crippen LogP contribution in [0.5, 0.6) is 0 Å². The molecule has 1 aliphatic rings. The van der Waals surface area contributed by atoms with E-state index in [1.807, 2.05) is 6.07 Å². The second-order valence-electron chi connectivity index (χ2n) is 7.52. The normalized spacial score (nSPS) is 15.3. The van der Waals surface area contributed by atoms with Gasteiger partial charge in [0, 0.05) is 24.7 Å². The topological polar surface area (TPSA) is 104 Å². The Labute approximate surface area is 206 Å². The average Bonchev–Trinajstić information content (AvgIpc) is 3.37. The minimum absolute atomic E-state index is 0.0813. The van der Waals surface area contributed by atoms with E-state index in [2.05, 4.69) is 15.1 Å². The quantitative estimate of drug-likeness (QED) is 0.456. The number of hydrogen-bond donors (Lipinski definition) is 2. The fourth-order valence-electron chi connectivity index (χ4n) is 3.43. The van der Waals surface area contributed by atoms with Crippen LogP contribution in [0, 0.1) is 0 Å². The van der Waals surface area contributed by atoms with Crippen LogP contribution in [0.1, 0.15) is 16.8 Å². The molecular weight excluding hydrogens is 507 g/mol. The number of pyridine rings is 1. The number of aromatic nitrogens is 3. The fraction of sp³-hybridized carbons (Fsp3) is 0.273. The lowest BCUT2D eigenvalue weighted by Crippen LogP contribution is -2.33. The van der Waals surface area contributed by atoms with Crippen molar-refractivity contribution >= 4 is 51.4 Å². The average molecular weight is 526 g/mol. The molecule has 0 radical (unpaired) electrons. The minimum atomic E-state index is -4.53. The Morgan fingerprint density at radius 1 is 1.14 bits per heavy atom. The van der Waals surface area contributed by atoms with Gasteiger partial charge in [0.2, 0.25) is 0 Å². The van der Waals surface area contributed by atoms with Crippen molar-refractivity contribution in [3.05, 3.63) is 63.4 Å². The van der Waals surface area contributed by atoms with Gasteiger partial charge in [0.25, 0.3) is 5.91 Å². The molecule has 0 saturated heterocycles. The van der Waals surface area contributed by atoms with E-state index in [0.717, 1.165) is 35.0 Å². The van der Waals surface area contributed by atoms with Crippen molar-refractivity contribution in [2.75, 3.05) is 26.3 Å². The summed E-state index contributed by atoms with van der Waals surface area (Å²) in [6, 6.07) is 6.22. The van der Waals surface area contributed by atoms with Crippen molar-refractivity contribution in [1.29, 1.82) is 0 Å². The van der Waals surface area contributed by atoms with Crippen LogP contribution >= 0.6 is 23.4 Å². The molecule has 0 fully saturated rings. The highest BCUT2D eigenvalue weighted by molar-refractivity contribution is 8.18. The number of carbonyl (C=O) groups excluding carboxylic acids is 1. The summed E-state index contributed by atoms with van der Waals surface area (Å²) >= 11 is 7.18. The maximum Gasteiger partial charge on any atom is 0.417 e. The zero-order chi connectivity index (χ0) is 25.2. The molecule has 13 heteroatoms. The summed E-state index contributed by atoms with van der Waals surface area (Å²) in [6.45, 7) is 0.297. The van der Waals surface area contributed by atoms with Gasteiger partial charge in [-0.05, 0) is 41.6 Å². The summed E-state index contributed by atoms with van der Waals surface area (Å²) in [5.74, 6) is -0.412. The summed E-state index contributed by atoms with van der Waals surface area (Å²) < 4.78 is 40.1. The van der Waals surface area contributed by atoms with E-state index in [4.69, 9.17) is 11.6 Å². The molecule has 0 atom stereocenters. The first-order valence-corrected chi connectivity index (χ1v) is 11.6. The summed E-state index contributed by atoms with van der Waals surface area (Å²) in [5, 5.41) is 23.7. The monoisotopic (exact) mass is 525 g/mol. The molecule has 1 aromatic carbocycles. The predicted octanol–water partition coefficient (Wildman–Crippen LogP) is 3.41. The first kappa shape index (κ1) is 25.2. The Morgan fingerprint density at radius 3 is 2.54 bits per heavy atom. The molecule has 0 spiro atoms. The number of halogens is 4. The number of nitrogens with zero attached hydrogens (tertiary/aromatic N) is 5. The Kier molecular flexibility index (Phi) is 7.45. The molecule has 3 heterocycles. The van der Waals surface area contributed by atoms with Crippen molar-refractivity contribution in [3.8, 4) is 0 Å². The molecule has 4 rings (SSSR count). The van der Waals surface area contributed by atoms with Crippen molar-refractivity contribution in [2.45, 2.75) is 12.7 Å². The highest BCUT2D eigenvalue weighted by atomic mass is 35.5. The molecule has 3 aromatic rings. The van der Waals surface area contributed by atoms with Crippen molar-refractivity contribution in [3.63, 3.8) is 0 Å². The van der Waals surface area contributed by atoms with Gasteiger partial charge in [-0.2, -0.15) is 23.3 Å². The maximum absolute atomic E-state index is 12.8. The molecule has 0 aliphatic carbocycles. The molecule has 184 valence electrons. The molecule has 0 bridgehead atoms. The second-order valence-corrected chi connectivity index (χ2v) is 8.93. The smallest absolute Gasteiger partial charge is 0.395 e. The van der Waals surface area contributed by atoms with Crippen LogP contribution in [-0.2, 0) is 17.5 Å². The molecule has 2 N–H and O–H groups in total. The lowest BCUT2D eigenvalue weighted by atomic mass is 10.1. The van der Waals surface area contributed by atoms with Crippen LogP contribution < -0.4 is 0 Å². The van der Waals surface area contributed by atoms with Gasteiger partial charge in [-0.3, -0.25) is 14.5 Å². The highest BCUT2D eigenvalue weighted by Gasteiger charge is 2.31. The molecule has 1 aliphatic heterocycles. The van der Waals surface area contributed by atoms with Crippen LogP contribution in [-0.4, -0.2) is 67.3 Å². The third-order valence-electron chi connectivity index (χ3n) is 5.13. The molecular formula is C22H19ClF3N5O3S. The van der Waals surface area contributed by atoms with Gasteiger partial charge in [0.15, 0.2) is 5.17 Å². The Bertz CT molecular complexity index is 1320. The van der Waals surface area contributed by atoms with Gasteiger partial charge >= 0.3 is 6.18 Å². The number of aliphatic hydroxyl groups is 2. The minimum Gasteiger partial charge on any atom is -0.395 e. The molecule has 1 amide bonds. The number of carbonyl (C=O) groups is 1. The fourth-order valence-corrected chi connectivity index (χ4v) is 4.62. The molecule has 8 nitrogen and oxygen atoms in total. The summed E-state index contributed by atoms with van der Waals surface area (Å²) in [4.78, 5) is 22.3. The molecule has 35 heavy (non-hydrogen) atoms. The van der Waals surface area contributed by atoms with Gasteiger partial charge in [-0.15, -0.1) is 0 Å². The van der Waals surface area contributed by atoms with Crippen molar-refractivity contribution in [2.24, 2.45) is 4.99 Å². The van der Waals surface area contributed by atoms with Gasteiger partial charge < -0.3 is 15.1 Å². The van der Waals surface area contributed by atoms with E-state index in [1.165, 1.54) is 0 Å². The van der Waals surface area contributed by atoms with Crippen LogP contribution in [0.25, 0.3) is 17.0 Å². The highest BCUT2D eigenvalue weighted by Crippen LogP contribution is 2.32. The Balaban J connectivity index is 1.53. The van der Waals surface area contributed by atoms with Gasteiger partial charge in [-0.25, -0.2) is 0 Å². The first-order chi connectivity index (χ1) is 16.7. The summed E-state index contributed by atoms with van der Waals surface area (Å²) in [7, 11) is 0. The number of fused-ring (bicyclic) bond motifs is 1. The van der Waals surface area contributed by atoms with Gasteiger partial charge in [0.1, 0.15) is 0 Å². The number of rotatable bonds is 7.